The van der Waals surface area contributed by atoms with Gasteiger partial charge in [-0.2, -0.15) is 0 Å². The summed E-state index contributed by atoms with van der Waals surface area (Å²) in [6, 6.07) is 15.0. The molecule has 0 atom stereocenters. The average Bonchev–Trinajstić information content (AvgIpc) is 2.68. The molecule has 0 aliphatic rings. The second-order valence-electron chi connectivity index (χ2n) is 5.70. The molecule has 144 valence electrons. The van der Waals surface area contributed by atoms with E-state index in [9.17, 15) is 4.79 Å². The number of nitrogens with zero attached hydrogens (tertiary/aromatic N) is 1. The molecule has 0 unspecified atom stereocenters. The van der Waals surface area contributed by atoms with Crippen LogP contribution < -0.4 is 5.32 Å². The Kier molecular flexibility index (Phi) is 9.11. The Hall–Kier alpha value is -2.08. The Morgan fingerprint density at radius 1 is 1.07 bits per heavy atom. The number of nitrogens with one attached hydrogen (secondary N) is 1. The lowest BCUT2D eigenvalue weighted by Gasteiger charge is -2.11. The zero-order valence-corrected chi connectivity index (χ0v) is 16.6. The van der Waals surface area contributed by atoms with Gasteiger partial charge < -0.3 is 9.47 Å². The molecule has 0 fully saturated rings. The summed E-state index contributed by atoms with van der Waals surface area (Å²) in [4.78, 5) is 16.8. The van der Waals surface area contributed by atoms with Gasteiger partial charge in [-0.05, 0) is 36.6 Å². The molecule has 0 aromatic heterocycles. The summed E-state index contributed by atoms with van der Waals surface area (Å²) in [5.41, 5.74) is 1.62. The molecule has 0 aliphatic carbocycles. The first-order valence-electron chi connectivity index (χ1n) is 8.56. The molecule has 0 bridgehead atoms. The predicted molar refractivity (Wildman–Crippen MR) is 109 cm³/mol. The summed E-state index contributed by atoms with van der Waals surface area (Å²) in [6.45, 7) is 1.21. The largest absolute Gasteiger partial charge is 0.463 e. The number of aryl methyl sites for hydroxylation is 1. The minimum absolute atomic E-state index is 0.163. The second kappa shape index (κ2) is 11.6. The number of amides is 1. The SMILES string of the molecule is COCCOC(=NCCCc1ccccc1)NC(=O)c1ccc(Cl)c(Cl)c1. The minimum atomic E-state index is -0.368. The van der Waals surface area contributed by atoms with E-state index in [2.05, 4.69) is 22.4 Å². The van der Waals surface area contributed by atoms with Crippen molar-refractivity contribution in [1.82, 2.24) is 5.32 Å². The van der Waals surface area contributed by atoms with E-state index >= 15 is 0 Å². The molecule has 0 heterocycles. The van der Waals surface area contributed by atoms with E-state index in [-0.39, 0.29) is 18.5 Å². The summed E-state index contributed by atoms with van der Waals surface area (Å²) in [7, 11) is 1.58. The van der Waals surface area contributed by atoms with Gasteiger partial charge in [0.2, 0.25) is 0 Å². The number of ether oxygens (including phenoxy) is 2. The van der Waals surface area contributed by atoms with Gasteiger partial charge >= 0.3 is 0 Å². The maximum atomic E-state index is 12.4. The fourth-order valence-corrected chi connectivity index (χ4v) is 2.56. The zero-order valence-electron chi connectivity index (χ0n) is 15.1. The average molecular weight is 409 g/mol. The van der Waals surface area contributed by atoms with E-state index in [1.54, 1.807) is 19.2 Å². The van der Waals surface area contributed by atoms with Crippen LogP contribution in [0.1, 0.15) is 22.3 Å². The lowest BCUT2D eigenvalue weighted by molar-refractivity contribution is 0.0954. The Bertz CT molecular complexity index is 767. The monoisotopic (exact) mass is 408 g/mol. The molecule has 27 heavy (non-hydrogen) atoms. The molecule has 0 saturated heterocycles. The molecular weight excluding hydrogens is 387 g/mol. The van der Waals surface area contributed by atoms with Crippen molar-refractivity contribution in [3.8, 4) is 0 Å². The van der Waals surface area contributed by atoms with Crippen molar-refractivity contribution in [2.45, 2.75) is 12.8 Å². The van der Waals surface area contributed by atoms with E-state index in [0.29, 0.717) is 28.8 Å². The van der Waals surface area contributed by atoms with Crippen molar-refractivity contribution in [2.75, 3.05) is 26.9 Å². The Morgan fingerprint density at radius 2 is 1.85 bits per heavy atom. The summed E-state index contributed by atoms with van der Waals surface area (Å²) in [5, 5.41) is 3.37. The van der Waals surface area contributed by atoms with Gasteiger partial charge in [-0.3, -0.25) is 10.1 Å². The molecule has 0 saturated carbocycles. The van der Waals surface area contributed by atoms with Crippen LogP contribution in [-0.2, 0) is 15.9 Å². The van der Waals surface area contributed by atoms with Crippen LogP contribution in [0.4, 0.5) is 0 Å². The van der Waals surface area contributed by atoms with Gasteiger partial charge in [0.1, 0.15) is 6.61 Å². The van der Waals surface area contributed by atoms with Crippen molar-refractivity contribution in [2.24, 2.45) is 4.99 Å². The maximum absolute atomic E-state index is 12.4. The summed E-state index contributed by atoms with van der Waals surface area (Å²) in [6.07, 6.45) is 1.74. The lowest BCUT2D eigenvalue weighted by atomic mass is 10.1. The third-order valence-corrected chi connectivity index (χ3v) is 4.39. The normalized spacial score (nSPS) is 11.3. The number of hydrogen-bond donors (Lipinski definition) is 1. The quantitative estimate of drug-likeness (QED) is 0.400. The standard InChI is InChI=1S/C20H22Cl2N2O3/c1-26-12-13-27-20(23-11-5-8-15-6-3-2-4-7-15)24-19(25)16-9-10-17(21)18(22)14-16/h2-4,6-7,9-10,14H,5,8,11-13H2,1H3,(H,23,24,25). The van der Waals surface area contributed by atoms with E-state index in [0.717, 1.165) is 12.8 Å². The van der Waals surface area contributed by atoms with Gasteiger partial charge in [-0.25, -0.2) is 4.99 Å². The molecular formula is C20H22Cl2N2O3. The van der Waals surface area contributed by atoms with Crippen LogP contribution in [0.25, 0.3) is 0 Å². The second-order valence-corrected chi connectivity index (χ2v) is 6.51. The Morgan fingerprint density at radius 3 is 2.56 bits per heavy atom. The van der Waals surface area contributed by atoms with Gasteiger partial charge in [-0.1, -0.05) is 53.5 Å². The molecule has 7 heteroatoms. The molecule has 1 N–H and O–H groups in total. The van der Waals surface area contributed by atoms with Crippen LogP contribution in [0.15, 0.2) is 53.5 Å². The maximum Gasteiger partial charge on any atom is 0.291 e. The first-order chi connectivity index (χ1) is 13.1. The van der Waals surface area contributed by atoms with Gasteiger partial charge in [0.25, 0.3) is 11.9 Å². The zero-order chi connectivity index (χ0) is 19.5. The van der Waals surface area contributed by atoms with Crippen molar-refractivity contribution >= 4 is 35.1 Å². The molecule has 2 rings (SSSR count). The van der Waals surface area contributed by atoms with Gasteiger partial charge in [0, 0.05) is 19.2 Å². The molecule has 2 aromatic carbocycles. The number of benzene rings is 2. The van der Waals surface area contributed by atoms with Crippen LogP contribution in [0.2, 0.25) is 10.0 Å². The van der Waals surface area contributed by atoms with E-state index < -0.39 is 0 Å². The van der Waals surface area contributed by atoms with E-state index in [4.69, 9.17) is 32.7 Å². The van der Waals surface area contributed by atoms with Crippen molar-refractivity contribution in [3.63, 3.8) is 0 Å². The van der Waals surface area contributed by atoms with Crippen LogP contribution in [0.5, 0.6) is 0 Å². The number of aliphatic imine (C=N–C) groups is 1. The lowest BCUT2D eigenvalue weighted by Crippen LogP contribution is -2.33. The fourth-order valence-electron chi connectivity index (χ4n) is 2.26. The first kappa shape index (κ1) is 21.2. The smallest absolute Gasteiger partial charge is 0.291 e. The van der Waals surface area contributed by atoms with Crippen LogP contribution in [0, 0.1) is 0 Å². The highest BCUT2D eigenvalue weighted by Crippen LogP contribution is 2.22. The highest BCUT2D eigenvalue weighted by molar-refractivity contribution is 6.42. The van der Waals surface area contributed by atoms with Crippen molar-refractivity contribution in [1.29, 1.82) is 0 Å². The van der Waals surface area contributed by atoms with Crippen molar-refractivity contribution in [3.05, 3.63) is 69.7 Å². The molecule has 1 amide bonds. The van der Waals surface area contributed by atoms with Crippen LogP contribution >= 0.6 is 23.2 Å². The van der Waals surface area contributed by atoms with Crippen LogP contribution in [0.3, 0.4) is 0 Å². The van der Waals surface area contributed by atoms with Gasteiger partial charge in [-0.15, -0.1) is 0 Å². The predicted octanol–water partition coefficient (Wildman–Crippen LogP) is 4.38. The summed E-state index contributed by atoms with van der Waals surface area (Å²) >= 11 is 11.9. The molecule has 0 aliphatic heterocycles. The number of rotatable bonds is 8. The van der Waals surface area contributed by atoms with Gasteiger partial charge in [0.15, 0.2) is 0 Å². The molecule has 0 spiro atoms. The third-order valence-electron chi connectivity index (χ3n) is 3.65. The number of carbonyl (C=O) groups is 1. The number of halogens is 2. The first-order valence-corrected chi connectivity index (χ1v) is 9.32. The molecule has 0 radical (unpaired) electrons. The number of hydrogen-bond acceptors (Lipinski definition) is 4. The summed E-state index contributed by atoms with van der Waals surface area (Å²) in [5.74, 6) is -0.368. The Balaban J connectivity index is 1.95. The highest BCUT2D eigenvalue weighted by atomic mass is 35.5. The summed E-state index contributed by atoms with van der Waals surface area (Å²) < 4.78 is 10.5. The van der Waals surface area contributed by atoms with Crippen molar-refractivity contribution < 1.29 is 14.3 Å². The third kappa shape index (κ3) is 7.59. The van der Waals surface area contributed by atoms with E-state index in [1.807, 2.05) is 18.2 Å². The van der Waals surface area contributed by atoms with E-state index in [1.165, 1.54) is 11.6 Å². The molecule has 2 aromatic rings. The van der Waals surface area contributed by atoms with Crippen LogP contribution in [-0.4, -0.2) is 38.8 Å². The Labute approximate surface area is 169 Å². The number of amidine groups is 1. The fraction of sp³-hybridized carbons (Fsp3) is 0.300. The highest BCUT2D eigenvalue weighted by Gasteiger charge is 2.11. The number of carbonyl (C=O) groups excluding carboxylic acids is 1. The minimum Gasteiger partial charge on any atom is -0.463 e. The van der Waals surface area contributed by atoms with Gasteiger partial charge in [0.05, 0.1) is 16.7 Å². The number of methoxy groups -OCH3 is 1. The molecule has 5 nitrogen and oxygen atoms in total. The topological polar surface area (TPSA) is 59.9 Å².